The molecule has 80 valence electrons. The van der Waals surface area contributed by atoms with Crippen LogP contribution in [0.1, 0.15) is 12.8 Å². The van der Waals surface area contributed by atoms with Gasteiger partial charge in [0.15, 0.2) is 0 Å². The van der Waals surface area contributed by atoms with Crippen molar-refractivity contribution >= 4 is 6.03 Å². The van der Waals surface area contributed by atoms with Crippen LogP contribution in [0.3, 0.4) is 0 Å². The van der Waals surface area contributed by atoms with Gasteiger partial charge in [-0.25, -0.2) is 4.79 Å². The van der Waals surface area contributed by atoms with Crippen molar-refractivity contribution in [3.8, 4) is 0 Å². The van der Waals surface area contributed by atoms with Gasteiger partial charge in [0, 0.05) is 38.6 Å². The van der Waals surface area contributed by atoms with E-state index in [9.17, 15) is 4.79 Å². The van der Waals surface area contributed by atoms with Crippen LogP contribution in [-0.2, 0) is 0 Å². The molecule has 1 aliphatic heterocycles. The monoisotopic (exact) mass is 197 g/mol. The summed E-state index contributed by atoms with van der Waals surface area (Å²) in [6, 6.07) is 0.768. The lowest BCUT2D eigenvalue weighted by molar-refractivity contribution is 0.112. The summed E-state index contributed by atoms with van der Waals surface area (Å²) in [5, 5.41) is 3.19. The number of nitrogens with zero attached hydrogens (tertiary/aromatic N) is 2. The van der Waals surface area contributed by atoms with Crippen LogP contribution in [0.4, 0.5) is 4.79 Å². The van der Waals surface area contributed by atoms with Gasteiger partial charge < -0.3 is 15.1 Å². The van der Waals surface area contributed by atoms with Gasteiger partial charge in [0.2, 0.25) is 0 Å². The molecule has 2 amide bonds. The second-order valence-corrected chi connectivity index (χ2v) is 4.47. The SMILES string of the molecule is CNCC1CN(C)C(=O)N(C2CC2)C1. The van der Waals surface area contributed by atoms with Crippen LogP contribution in [-0.4, -0.2) is 55.6 Å². The number of hydrogen-bond acceptors (Lipinski definition) is 2. The number of carbonyl (C=O) groups excluding carboxylic acids is 1. The maximum absolute atomic E-state index is 11.8. The summed E-state index contributed by atoms with van der Waals surface area (Å²) < 4.78 is 0. The number of nitrogens with one attached hydrogen (secondary N) is 1. The highest BCUT2D eigenvalue weighted by Crippen LogP contribution is 2.30. The molecule has 1 saturated heterocycles. The van der Waals surface area contributed by atoms with Gasteiger partial charge in [-0.05, 0) is 19.9 Å². The highest BCUT2D eigenvalue weighted by Gasteiger charge is 2.38. The highest BCUT2D eigenvalue weighted by atomic mass is 16.2. The molecule has 2 rings (SSSR count). The predicted molar refractivity (Wildman–Crippen MR) is 55.2 cm³/mol. The van der Waals surface area contributed by atoms with Gasteiger partial charge in [-0.1, -0.05) is 0 Å². The van der Waals surface area contributed by atoms with E-state index >= 15 is 0 Å². The van der Waals surface area contributed by atoms with Gasteiger partial charge in [-0.15, -0.1) is 0 Å². The van der Waals surface area contributed by atoms with Crippen LogP contribution in [0, 0.1) is 5.92 Å². The largest absolute Gasteiger partial charge is 0.327 e. The topological polar surface area (TPSA) is 35.6 Å². The molecule has 4 nitrogen and oxygen atoms in total. The second-order valence-electron chi connectivity index (χ2n) is 4.47. The summed E-state index contributed by atoms with van der Waals surface area (Å²) in [6.07, 6.45) is 2.40. The Morgan fingerprint density at radius 2 is 2.14 bits per heavy atom. The van der Waals surface area contributed by atoms with Gasteiger partial charge in [-0.2, -0.15) is 0 Å². The molecule has 0 aromatic rings. The summed E-state index contributed by atoms with van der Waals surface area (Å²) in [5.41, 5.74) is 0. The maximum Gasteiger partial charge on any atom is 0.320 e. The quantitative estimate of drug-likeness (QED) is 0.708. The molecule has 0 bridgehead atoms. The van der Waals surface area contributed by atoms with Gasteiger partial charge in [-0.3, -0.25) is 0 Å². The van der Waals surface area contributed by atoms with Crippen LogP contribution in [0.5, 0.6) is 0 Å². The molecule has 1 aliphatic carbocycles. The minimum Gasteiger partial charge on any atom is -0.327 e. The highest BCUT2D eigenvalue weighted by molar-refractivity contribution is 5.75. The number of rotatable bonds is 3. The van der Waals surface area contributed by atoms with Gasteiger partial charge in [0.1, 0.15) is 0 Å². The van der Waals surface area contributed by atoms with Crippen molar-refractivity contribution < 1.29 is 4.79 Å². The molecular weight excluding hydrogens is 178 g/mol. The van der Waals surface area contributed by atoms with Gasteiger partial charge in [0.05, 0.1) is 0 Å². The Labute approximate surface area is 85.2 Å². The third-order valence-corrected chi connectivity index (χ3v) is 3.04. The van der Waals surface area contributed by atoms with Crippen molar-refractivity contribution in [2.45, 2.75) is 18.9 Å². The van der Waals surface area contributed by atoms with E-state index in [4.69, 9.17) is 0 Å². The van der Waals surface area contributed by atoms with E-state index in [1.165, 1.54) is 12.8 Å². The van der Waals surface area contributed by atoms with Crippen LogP contribution in [0.25, 0.3) is 0 Å². The fraction of sp³-hybridized carbons (Fsp3) is 0.900. The van der Waals surface area contributed by atoms with Crippen LogP contribution >= 0.6 is 0 Å². The van der Waals surface area contributed by atoms with Crippen molar-refractivity contribution in [3.63, 3.8) is 0 Å². The first-order valence-corrected chi connectivity index (χ1v) is 5.38. The van der Waals surface area contributed by atoms with E-state index in [2.05, 4.69) is 5.32 Å². The average molecular weight is 197 g/mol. The standard InChI is InChI=1S/C10H19N3O/c1-11-5-8-6-12(2)10(14)13(7-8)9-3-4-9/h8-9,11H,3-7H2,1-2H3. The molecule has 14 heavy (non-hydrogen) atoms. The van der Waals surface area contributed by atoms with E-state index in [0.29, 0.717) is 12.0 Å². The lowest BCUT2D eigenvalue weighted by atomic mass is 10.1. The molecular formula is C10H19N3O. The lowest BCUT2D eigenvalue weighted by Gasteiger charge is -2.38. The third kappa shape index (κ3) is 1.85. The zero-order chi connectivity index (χ0) is 10.1. The van der Waals surface area contributed by atoms with E-state index in [1.54, 1.807) is 0 Å². The van der Waals surface area contributed by atoms with Crippen LogP contribution in [0.2, 0.25) is 0 Å². The maximum atomic E-state index is 11.8. The van der Waals surface area contributed by atoms with E-state index < -0.39 is 0 Å². The molecule has 0 spiro atoms. The Balaban J connectivity index is 1.97. The molecule has 0 radical (unpaired) electrons. The van der Waals surface area contributed by atoms with Crippen LogP contribution < -0.4 is 5.32 Å². The van der Waals surface area contributed by atoms with Gasteiger partial charge >= 0.3 is 6.03 Å². The molecule has 1 saturated carbocycles. The van der Waals surface area contributed by atoms with E-state index in [0.717, 1.165) is 19.6 Å². The van der Waals surface area contributed by atoms with Crippen LogP contribution in [0.15, 0.2) is 0 Å². The van der Waals surface area contributed by atoms with Crippen molar-refractivity contribution in [2.24, 2.45) is 5.92 Å². The van der Waals surface area contributed by atoms with Crippen molar-refractivity contribution in [3.05, 3.63) is 0 Å². The predicted octanol–water partition coefficient (Wildman–Crippen LogP) is 0.352. The molecule has 2 aliphatic rings. The first-order valence-electron chi connectivity index (χ1n) is 5.38. The average Bonchev–Trinajstić information content (AvgIpc) is 2.94. The van der Waals surface area contributed by atoms with E-state index in [1.807, 2.05) is 23.9 Å². The molecule has 2 fully saturated rings. The Hall–Kier alpha value is -0.770. The number of urea groups is 1. The minimum atomic E-state index is 0.222. The molecule has 4 heteroatoms. The Morgan fingerprint density at radius 3 is 2.71 bits per heavy atom. The fourth-order valence-corrected chi connectivity index (χ4v) is 2.21. The Bertz CT molecular complexity index is 227. The van der Waals surface area contributed by atoms with Crippen molar-refractivity contribution in [2.75, 3.05) is 33.7 Å². The summed E-state index contributed by atoms with van der Waals surface area (Å²) in [5.74, 6) is 0.586. The summed E-state index contributed by atoms with van der Waals surface area (Å²) in [6.45, 7) is 2.83. The number of amides is 2. The summed E-state index contributed by atoms with van der Waals surface area (Å²) in [7, 11) is 3.87. The zero-order valence-electron chi connectivity index (χ0n) is 8.99. The Morgan fingerprint density at radius 1 is 1.43 bits per heavy atom. The summed E-state index contributed by atoms with van der Waals surface area (Å²) >= 11 is 0. The lowest BCUT2D eigenvalue weighted by Crippen LogP contribution is -2.54. The number of hydrogen-bond donors (Lipinski definition) is 1. The zero-order valence-corrected chi connectivity index (χ0v) is 8.99. The molecule has 1 heterocycles. The number of carbonyl (C=O) groups is 1. The normalized spacial score (nSPS) is 28.4. The molecule has 0 aromatic heterocycles. The molecule has 1 unspecified atom stereocenters. The first-order chi connectivity index (χ1) is 6.72. The summed E-state index contributed by atoms with van der Waals surface area (Å²) in [4.78, 5) is 15.7. The second kappa shape index (κ2) is 3.77. The molecule has 1 atom stereocenters. The van der Waals surface area contributed by atoms with Crippen molar-refractivity contribution in [1.29, 1.82) is 0 Å². The smallest absolute Gasteiger partial charge is 0.320 e. The first kappa shape index (κ1) is 9.77. The molecule has 0 aromatic carbocycles. The third-order valence-electron chi connectivity index (χ3n) is 3.04. The van der Waals surface area contributed by atoms with E-state index in [-0.39, 0.29) is 6.03 Å². The fourth-order valence-electron chi connectivity index (χ4n) is 2.21. The van der Waals surface area contributed by atoms with Crippen molar-refractivity contribution in [1.82, 2.24) is 15.1 Å². The van der Waals surface area contributed by atoms with Gasteiger partial charge in [0.25, 0.3) is 0 Å². The molecule has 1 N–H and O–H groups in total. The minimum absolute atomic E-state index is 0.222. The Kier molecular flexibility index (Phi) is 2.63.